The van der Waals surface area contributed by atoms with Crippen LogP contribution in [0.2, 0.25) is 5.02 Å². The summed E-state index contributed by atoms with van der Waals surface area (Å²) < 4.78 is 17.0. The Labute approximate surface area is 197 Å². The minimum atomic E-state index is -0.684. The van der Waals surface area contributed by atoms with Gasteiger partial charge in [-0.2, -0.15) is 0 Å². The van der Waals surface area contributed by atoms with E-state index < -0.39 is 6.04 Å². The number of aromatic nitrogens is 1. The van der Waals surface area contributed by atoms with Crippen molar-refractivity contribution in [2.24, 2.45) is 5.92 Å². The van der Waals surface area contributed by atoms with Crippen LogP contribution in [0.1, 0.15) is 25.8 Å². The third-order valence-electron chi connectivity index (χ3n) is 5.71. The number of halogens is 1. The third kappa shape index (κ3) is 4.48. The standard InChI is InChI=1S/C24H26ClN3O5/c1-13(2)9-17(23(29)27-20-8-5-15(25)11-26-20)28-12-14-10-16-18(31-3)6-7-19(32-4)22(16)33-21(14)24(28)30/h5-8,11,13,17H,9-10,12H2,1-4H3,(H,26,27,29)/t17-/m0/s1. The number of ether oxygens (including phenoxy) is 3. The van der Waals surface area contributed by atoms with Gasteiger partial charge in [-0.1, -0.05) is 25.4 Å². The van der Waals surface area contributed by atoms with E-state index in [1.165, 1.54) is 6.20 Å². The van der Waals surface area contributed by atoms with E-state index in [9.17, 15) is 9.59 Å². The number of nitrogens with zero attached hydrogens (tertiary/aromatic N) is 2. The van der Waals surface area contributed by atoms with Crippen molar-refractivity contribution in [1.82, 2.24) is 9.88 Å². The average molecular weight is 472 g/mol. The fourth-order valence-corrected chi connectivity index (χ4v) is 4.26. The fraction of sp³-hybridized carbons (Fsp3) is 0.375. The van der Waals surface area contributed by atoms with Gasteiger partial charge in [0.25, 0.3) is 5.91 Å². The molecule has 1 atom stereocenters. The highest BCUT2D eigenvalue weighted by molar-refractivity contribution is 6.30. The Morgan fingerprint density at radius 3 is 2.58 bits per heavy atom. The molecule has 4 rings (SSSR count). The summed E-state index contributed by atoms with van der Waals surface area (Å²) in [5.74, 6) is 1.84. The van der Waals surface area contributed by atoms with Crippen LogP contribution in [0, 0.1) is 5.92 Å². The number of fused-ring (bicyclic) bond motifs is 1. The lowest BCUT2D eigenvalue weighted by Gasteiger charge is -2.28. The number of carbonyl (C=O) groups excluding carboxylic acids is 2. The number of rotatable bonds is 7. The van der Waals surface area contributed by atoms with Gasteiger partial charge in [0.1, 0.15) is 17.6 Å². The Morgan fingerprint density at radius 1 is 1.21 bits per heavy atom. The molecule has 0 saturated heterocycles. The van der Waals surface area contributed by atoms with Crippen LogP contribution in [0.25, 0.3) is 0 Å². The van der Waals surface area contributed by atoms with Gasteiger partial charge in [-0.25, -0.2) is 4.98 Å². The molecule has 33 heavy (non-hydrogen) atoms. The maximum Gasteiger partial charge on any atom is 0.290 e. The van der Waals surface area contributed by atoms with Crippen LogP contribution in [-0.2, 0) is 16.0 Å². The molecule has 0 bridgehead atoms. The van der Waals surface area contributed by atoms with Gasteiger partial charge in [-0.3, -0.25) is 9.59 Å². The summed E-state index contributed by atoms with van der Waals surface area (Å²) in [6.45, 7) is 4.32. The molecule has 2 aliphatic heterocycles. The summed E-state index contributed by atoms with van der Waals surface area (Å²) in [5, 5.41) is 3.28. The molecule has 0 fully saturated rings. The highest BCUT2D eigenvalue weighted by atomic mass is 35.5. The van der Waals surface area contributed by atoms with Crippen molar-refractivity contribution in [2.45, 2.75) is 32.7 Å². The highest BCUT2D eigenvalue weighted by Gasteiger charge is 2.42. The average Bonchev–Trinajstić information content (AvgIpc) is 3.12. The van der Waals surface area contributed by atoms with Crippen LogP contribution >= 0.6 is 11.6 Å². The molecule has 0 aliphatic carbocycles. The van der Waals surface area contributed by atoms with E-state index in [-0.39, 0.29) is 23.5 Å². The van der Waals surface area contributed by atoms with Crippen LogP contribution in [0.5, 0.6) is 17.2 Å². The Bertz CT molecular complexity index is 1110. The predicted molar refractivity (Wildman–Crippen MR) is 124 cm³/mol. The molecule has 1 N–H and O–H groups in total. The van der Waals surface area contributed by atoms with Gasteiger partial charge in [-0.15, -0.1) is 0 Å². The first-order valence-electron chi connectivity index (χ1n) is 10.7. The van der Waals surface area contributed by atoms with E-state index in [4.69, 9.17) is 25.8 Å². The predicted octanol–water partition coefficient (Wildman–Crippen LogP) is 3.84. The first kappa shape index (κ1) is 22.9. The maximum atomic E-state index is 13.4. The lowest BCUT2D eigenvalue weighted by molar-refractivity contribution is -0.135. The van der Waals surface area contributed by atoms with Gasteiger partial charge >= 0.3 is 0 Å². The second kappa shape index (κ2) is 9.31. The second-order valence-electron chi connectivity index (χ2n) is 8.42. The molecule has 1 aromatic carbocycles. The van der Waals surface area contributed by atoms with Gasteiger partial charge < -0.3 is 24.4 Å². The Hall–Kier alpha value is -3.26. The van der Waals surface area contributed by atoms with Crippen LogP contribution in [0.4, 0.5) is 5.82 Å². The van der Waals surface area contributed by atoms with Crippen molar-refractivity contribution in [3.05, 3.63) is 52.4 Å². The third-order valence-corrected chi connectivity index (χ3v) is 5.93. The number of nitrogens with one attached hydrogen (secondary N) is 1. The molecule has 2 aromatic rings. The van der Waals surface area contributed by atoms with E-state index in [1.807, 2.05) is 19.9 Å². The van der Waals surface area contributed by atoms with E-state index >= 15 is 0 Å². The van der Waals surface area contributed by atoms with Gasteiger partial charge in [0.05, 0.1) is 19.2 Å². The van der Waals surface area contributed by atoms with Crippen molar-refractivity contribution in [1.29, 1.82) is 0 Å². The maximum absolute atomic E-state index is 13.4. The quantitative estimate of drug-likeness (QED) is 0.660. The number of anilines is 1. The number of amides is 2. The van der Waals surface area contributed by atoms with E-state index in [2.05, 4.69) is 10.3 Å². The summed E-state index contributed by atoms with van der Waals surface area (Å²) in [6, 6.07) is 6.15. The normalized spacial score (nSPS) is 15.7. The number of carbonyl (C=O) groups is 2. The molecular formula is C24H26ClN3O5. The summed E-state index contributed by atoms with van der Waals surface area (Å²) in [4.78, 5) is 32.3. The second-order valence-corrected chi connectivity index (χ2v) is 8.86. The van der Waals surface area contributed by atoms with Crippen LogP contribution in [0.3, 0.4) is 0 Å². The smallest absolute Gasteiger partial charge is 0.290 e. The fourth-order valence-electron chi connectivity index (χ4n) is 4.15. The molecule has 0 saturated carbocycles. The minimum Gasteiger partial charge on any atom is -0.496 e. The minimum absolute atomic E-state index is 0.183. The molecule has 2 aliphatic rings. The monoisotopic (exact) mass is 471 g/mol. The van der Waals surface area contributed by atoms with Crippen molar-refractivity contribution in [3.63, 3.8) is 0 Å². The highest BCUT2D eigenvalue weighted by Crippen LogP contribution is 2.45. The SMILES string of the molecule is COc1ccc(OC)c2c1CC1=C(O2)C(=O)N([C@@H](CC(C)C)C(=O)Nc2ccc(Cl)cn2)C1. The largest absolute Gasteiger partial charge is 0.496 e. The molecule has 0 radical (unpaired) electrons. The topological polar surface area (TPSA) is 90.0 Å². The Morgan fingerprint density at radius 2 is 1.94 bits per heavy atom. The number of hydrogen-bond acceptors (Lipinski definition) is 6. The molecule has 0 unspecified atom stereocenters. The first-order valence-corrected chi connectivity index (χ1v) is 11.1. The van der Waals surface area contributed by atoms with Gasteiger partial charge in [0, 0.05) is 30.3 Å². The van der Waals surface area contributed by atoms with Gasteiger partial charge in [0.15, 0.2) is 17.3 Å². The Balaban J connectivity index is 1.59. The molecule has 1 aromatic heterocycles. The molecule has 174 valence electrons. The molecule has 3 heterocycles. The van der Waals surface area contributed by atoms with Crippen LogP contribution < -0.4 is 19.5 Å². The molecule has 0 spiro atoms. The lowest BCUT2D eigenvalue weighted by atomic mass is 9.99. The van der Waals surface area contributed by atoms with Gasteiger partial charge in [-0.05, 0) is 36.6 Å². The van der Waals surface area contributed by atoms with Crippen molar-refractivity contribution >= 4 is 29.2 Å². The number of benzene rings is 1. The summed E-state index contributed by atoms with van der Waals surface area (Å²) in [5.41, 5.74) is 1.63. The van der Waals surface area contributed by atoms with E-state index in [0.29, 0.717) is 47.5 Å². The van der Waals surface area contributed by atoms with Crippen molar-refractivity contribution in [3.8, 4) is 17.2 Å². The number of methoxy groups -OCH3 is 2. The zero-order chi connectivity index (χ0) is 23.7. The number of pyridine rings is 1. The summed E-state index contributed by atoms with van der Waals surface area (Å²) >= 11 is 5.89. The first-order chi connectivity index (χ1) is 15.8. The molecular weight excluding hydrogens is 446 g/mol. The zero-order valence-electron chi connectivity index (χ0n) is 19.0. The lowest BCUT2D eigenvalue weighted by Crippen LogP contribution is -2.46. The van der Waals surface area contributed by atoms with E-state index in [0.717, 1.165) is 11.1 Å². The van der Waals surface area contributed by atoms with Crippen molar-refractivity contribution in [2.75, 3.05) is 26.1 Å². The van der Waals surface area contributed by atoms with Gasteiger partial charge in [0.2, 0.25) is 5.91 Å². The summed E-state index contributed by atoms with van der Waals surface area (Å²) in [6.07, 6.45) is 2.43. The number of hydrogen-bond donors (Lipinski definition) is 1. The van der Waals surface area contributed by atoms with Crippen LogP contribution in [-0.4, -0.2) is 48.5 Å². The zero-order valence-corrected chi connectivity index (χ0v) is 19.7. The Kier molecular flexibility index (Phi) is 6.47. The van der Waals surface area contributed by atoms with E-state index in [1.54, 1.807) is 37.3 Å². The van der Waals surface area contributed by atoms with Crippen LogP contribution in [0.15, 0.2) is 41.8 Å². The summed E-state index contributed by atoms with van der Waals surface area (Å²) in [7, 11) is 3.14. The molecule has 8 nitrogen and oxygen atoms in total. The molecule has 2 amide bonds. The van der Waals surface area contributed by atoms with Crippen molar-refractivity contribution < 1.29 is 23.8 Å². The molecule has 9 heteroatoms.